The highest BCUT2D eigenvalue weighted by Crippen LogP contribution is 2.30. The van der Waals surface area contributed by atoms with E-state index in [0.29, 0.717) is 47.0 Å². The molecular formula is C33H26ClN3O6. The molecule has 1 aliphatic heterocycles. The van der Waals surface area contributed by atoms with Gasteiger partial charge in [-0.25, -0.2) is 9.69 Å². The molecule has 1 aliphatic rings. The first-order valence-corrected chi connectivity index (χ1v) is 13.8. The largest absolute Gasteiger partial charge is 0.462 e. The minimum atomic E-state index is -0.702. The van der Waals surface area contributed by atoms with Gasteiger partial charge in [0.1, 0.15) is 22.2 Å². The highest BCUT2D eigenvalue weighted by Gasteiger charge is 2.39. The number of hydrogen-bond acceptors (Lipinski definition) is 7. The first kappa shape index (κ1) is 29.1. The second-order valence-electron chi connectivity index (χ2n) is 9.41. The summed E-state index contributed by atoms with van der Waals surface area (Å²) in [6.45, 7) is 2.18. The van der Waals surface area contributed by atoms with E-state index in [-0.39, 0.29) is 22.3 Å². The van der Waals surface area contributed by atoms with Crippen molar-refractivity contribution in [3.8, 4) is 11.5 Å². The smallest absolute Gasteiger partial charge is 0.338 e. The van der Waals surface area contributed by atoms with Gasteiger partial charge in [-0.15, -0.1) is 0 Å². The fourth-order valence-corrected chi connectivity index (χ4v) is 4.37. The third kappa shape index (κ3) is 6.74. The van der Waals surface area contributed by atoms with E-state index in [1.165, 1.54) is 24.3 Å². The number of amides is 3. The zero-order chi connectivity index (χ0) is 30.3. The molecule has 0 radical (unpaired) electrons. The van der Waals surface area contributed by atoms with Crippen LogP contribution in [0.5, 0.6) is 11.5 Å². The van der Waals surface area contributed by atoms with Crippen LogP contribution in [0.2, 0.25) is 0 Å². The van der Waals surface area contributed by atoms with Gasteiger partial charge in [-0.2, -0.15) is 0 Å². The van der Waals surface area contributed by atoms with Crippen LogP contribution < -0.4 is 20.3 Å². The van der Waals surface area contributed by atoms with Crippen LogP contribution in [0.3, 0.4) is 0 Å². The first-order chi connectivity index (χ1) is 20.8. The van der Waals surface area contributed by atoms with Crippen molar-refractivity contribution in [2.45, 2.75) is 13.3 Å². The summed E-state index contributed by atoms with van der Waals surface area (Å²) in [4.78, 5) is 51.7. The van der Waals surface area contributed by atoms with Crippen LogP contribution in [0.15, 0.2) is 114 Å². The molecule has 2 N–H and O–H groups in total. The Kier molecular flexibility index (Phi) is 8.83. The fraction of sp³-hybridized carbons (Fsp3) is 0.0909. The third-order valence-electron chi connectivity index (χ3n) is 6.33. The molecule has 0 saturated heterocycles. The maximum absolute atomic E-state index is 13.1. The highest BCUT2D eigenvalue weighted by molar-refractivity contribution is 6.53. The molecule has 0 fully saturated rings. The summed E-state index contributed by atoms with van der Waals surface area (Å²) < 4.78 is 10.9. The van der Waals surface area contributed by atoms with Gasteiger partial charge >= 0.3 is 5.97 Å². The predicted octanol–water partition coefficient (Wildman–Crippen LogP) is 6.73. The first-order valence-electron chi connectivity index (χ1n) is 13.4. The maximum Gasteiger partial charge on any atom is 0.338 e. The molecule has 5 rings (SSSR count). The standard InChI is InChI=1S/C33H26ClN3O6/c1-2-20-42-33(41)22-10-16-25(17-11-22)37-31(39)28(34)29(32(37)40)35-23-12-8-21(9-13-23)30(38)36-24-14-18-27(19-15-24)43-26-6-4-3-5-7-26/h3-19,35H,2,20H2,1H3,(H,36,38). The fourth-order valence-electron chi connectivity index (χ4n) is 4.15. The number of nitrogens with one attached hydrogen (secondary N) is 2. The van der Waals surface area contributed by atoms with Gasteiger partial charge in [-0.05, 0) is 91.3 Å². The summed E-state index contributed by atoms with van der Waals surface area (Å²) in [6.07, 6.45) is 0.691. The molecule has 43 heavy (non-hydrogen) atoms. The molecule has 0 spiro atoms. The lowest BCUT2D eigenvalue weighted by molar-refractivity contribution is -0.120. The van der Waals surface area contributed by atoms with Crippen LogP contribution in [0.25, 0.3) is 0 Å². The number of nitrogens with zero attached hydrogens (tertiary/aromatic N) is 1. The van der Waals surface area contributed by atoms with Gasteiger partial charge in [0.25, 0.3) is 17.7 Å². The summed E-state index contributed by atoms with van der Waals surface area (Å²) in [5, 5.41) is 5.43. The number of halogens is 1. The third-order valence-corrected chi connectivity index (χ3v) is 6.68. The molecule has 4 aromatic carbocycles. The van der Waals surface area contributed by atoms with Gasteiger partial charge in [-0.3, -0.25) is 14.4 Å². The molecule has 216 valence electrons. The van der Waals surface area contributed by atoms with E-state index in [0.717, 1.165) is 4.90 Å². The molecule has 1 heterocycles. The number of anilines is 3. The van der Waals surface area contributed by atoms with Crippen molar-refractivity contribution in [2.75, 3.05) is 22.1 Å². The average Bonchev–Trinajstić information content (AvgIpc) is 3.24. The van der Waals surface area contributed by atoms with Crippen LogP contribution >= 0.6 is 11.6 Å². The van der Waals surface area contributed by atoms with E-state index in [1.807, 2.05) is 37.3 Å². The zero-order valence-corrected chi connectivity index (χ0v) is 23.8. The Morgan fingerprint density at radius 2 is 1.35 bits per heavy atom. The molecule has 0 atom stereocenters. The quantitative estimate of drug-likeness (QED) is 0.154. The molecular weight excluding hydrogens is 570 g/mol. The molecule has 4 aromatic rings. The lowest BCUT2D eigenvalue weighted by atomic mass is 10.2. The van der Waals surface area contributed by atoms with Crippen LogP contribution in [0, 0.1) is 0 Å². The summed E-state index contributed by atoms with van der Waals surface area (Å²) >= 11 is 6.24. The van der Waals surface area contributed by atoms with E-state index < -0.39 is 17.8 Å². The van der Waals surface area contributed by atoms with Crippen molar-refractivity contribution < 1.29 is 28.7 Å². The number of imide groups is 1. The number of benzene rings is 4. The van der Waals surface area contributed by atoms with Gasteiger partial charge in [0.15, 0.2) is 0 Å². The monoisotopic (exact) mass is 595 g/mol. The molecule has 0 aliphatic carbocycles. The number of carbonyl (C=O) groups excluding carboxylic acids is 4. The van der Waals surface area contributed by atoms with Crippen LogP contribution in [0.4, 0.5) is 17.1 Å². The predicted molar refractivity (Wildman–Crippen MR) is 163 cm³/mol. The van der Waals surface area contributed by atoms with Gasteiger partial charge in [0.05, 0.1) is 17.9 Å². The number of rotatable bonds is 10. The van der Waals surface area contributed by atoms with Gasteiger partial charge in [-0.1, -0.05) is 36.7 Å². The second-order valence-corrected chi connectivity index (χ2v) is 9.79. The molecule has 10 heteroatoms. The van der Waals surface area contributed by atoms with Gasteiger partial charge < -0.3 is 20.1 Å². The molecule has 9 nitrogen and oxygen atoms in total. The number of hydrogen-bond donors (Lipinski definition) is 2. The second kappa shape index (κ2) is 13.1. The Hall–Kier alpha value is -5.41. The van der Waals surface area contributed by atoms with Gasteiger partial charge in [0.2, 0.25) is 0 Å². The summed E-state index contributed by atoms with van der Waals surface area (Å²) in [5.74, 6) is -0.837. The molecule has 3 amide bonds. The summed E-state index contributed by atoms with van der Waals surface area (Å²) in [7, 11) is 0. The number of esters is 1. The Bertz CT molecular complexity index is 1690. The van der Waals surface area contributed by atoms with Crippen molar-refractivity contribution in [2.24, 2.45) is 0 Å². The normalized spacial score (nSPS) is 12.7. The van der Waals surface area contributed by atoms with Crippen LogP contribution in [-0.4, -0.2) is 30.3 Å². The van der Waals surface area contributed by atoms with Crippen molar-refractivity contribution in [3.05, 3.63) is 125 Å². The minimum Gasteiger partial charge on any atom is -0.462 e. The molecule has 0 saturated carbocycles. The van der Waals surface area contributed by atoms with Gasteiger partial charge in [0, 0.05) is 16.9 Å². The summed E-state index contributed by atoms with van der Waals surface area (Å²) in [5.41, 5.74) is 1.86. The lowest BCUT2D eigenvalue weighted by Gasteiger charge is -2.15. The van der Waals surface area contributed by atoms with Crippen molar-refractivity contribution >= 4 is 52.4 Å². The van der Waals surface area contributed by atoms with E-state index in [2.05, 4.69) is 10.6 Å². The zero-order valence-electron chi connectivity index (χ0n) is 23.0. The Morgan fingerprint density at radius 3 is 2.00 bits per heavy atom. The Balaban J connectivity index is 1.20. The van der Waals surface area contributed by atoms with Crippen LogP contribution in [-0.2, 0) is 14.3 Å². The van der Waals surface area contributed by atoms with Crippen molar-refractivity contribution in [1.29, 1.82) is 0 Å². The number of carbonyl (C=O) groups is 4. The minimum absolute atomic E-state index is 0.104. The Labute approximate surface area is 252 Å². The van der Waals surface area contributed by atoms with Crippen molar-refractivity contribution in [3.63, 3.8) is 0 Å². The van der Waals surface area contributed by atoms with E-state index in [9.17, 15) is 19.2 Å². The average molecular weight is 596 g/mol. The van der Waals surface area contributed by atoms with E-state index >= 15 is 0 Å². The number of para-hydroxylation sites is 1. The van der Waals surface area contributed by atoms with E-state index in [1.54, 1.807) is 48.5 Å². The highest BCUT2D eigenvalue weighted by atomic mass is 35.5. The van der Waals surface area contributed by atoms with E-state index in [4.69, 9.17) is 21.1 Å². The molecule has 0 aromatic heterocycles. The molecule has 0 unspecified atom stereocenters. The lowest BCUT2D eigenvalue weighted by Crippen LogP contribution is -2.32. The topological polar surface area (TPSA) is 114 Å². The SMILES string of the molecule is CCCOC(=O)c1ccc(N2C(=O)C(Cl)=C(Nc3ccc(C(=O)Nc4ccc(Oc5ccccc5)cc4)cc3)C2=O)cc1. The Morgan fingerprint density at radius 1 is 0.744 bits per heavy atom. The molecule has 0 bridgehead atoms. The summed E-state index contributed by atoms with van der Waals surface area (Å²) in [6, 6.07) is 28.6. The van der Waals surface area contributed by atoms with Crippen LogP contribution in [0.1, 0.15) is 34.1 Å². The maximum atomic E-state index is 13.1. The number of ether oxygens (including phenoxy) is 2. The van der Waals surface area contributed by atoms with Crippen molar-refractivity contribution in [1.82, 2.24) is 0 Å².